The lowest BCUT2D eigenvalue weighted by atomic mass is 10.1. The Morgan fingerprint density at radius 3 is 2.63 bits per heavy atom. The first-order chi connectivity index (χ1) is 9.00. The Hall–Kier alpha value is -1.98. The van der Waals surface area contributed by atoms with Gasteiger partial charge in [-0.15, -0.1) is 0 Å². The average Bonchev–Trinajstić information content (AvgIpc) is 2.83. The summed E-state index contributed by atoms with van der Waals surface area (Å²) in [6.45, 7) is 2.78. The van der Waals surface area contributed by atoms with Gasteiger partial charge in [0, 0.05) is 19.3 Å². The first kappa shape index (κ1) is 13.5. The first-order valence-electron chi connectivity index (χ1n) is 5.92. The van der Waals surface area contributed by atoms with Gasteiger partial charge < -0.3 is 5.32 Å². The number of nitrogens with one attached hydrogen (secondary N) is 1. The van der Waals surface area contributed by atoms with Crippen LogP contribution in [0.25, 0.3) is 0 Å². The maximum absolute atomic E-state index is 12.8. The molecule has 0 fully saturated rings. The van der Waals surface area contributed by atoms with Gasteiger partial charge in [-0.3, -0.25) is 4.68 Å². The predicted octanol–water partition coefficient (Wildman–Crippen LogP) is 3.53. The van der Waals surface area contributed by atoms with E-state index in [1.807, 2.05) is 6.92 Å². The fourth-order valence-corrected chi connectivity index (χ4v) is 1.78. The van der Waals surface area contributed by atoms with E-state index in [1.54, 1.807) is 23.1 Å². The summed E-state index contributed by atoms with van der Waals surface area (Å²) in [7, 11) is 0. The molecule has 0 aliphatic rings. The minimum absolute atomic E-state index is 0.116. The highest BCUT2D eigenvalue weighted by Crippen LogP contribution is 2.32. The van der Waals surface area contributed by atoms with Gasteiger partial charge in [-0.1, -0.05) is 18.2 Å². The van der Waals surface area contributed by atoms with E-state index in [4.69, 9.17) is 0 Å². The minimum atomic E-state index is -4.33. The number of aromatic nitrogens is 2. The van der Waals surface area contributed by atoms with Gasteiger partial charge in [-0.05, 0) is 18.6 Å². The van der Waals surface area contributed by atoms with E-state index in [0.29, 0.717) is 5.69 Å². The Morgan fingerprint density at radius 2 is 2.00 bits per heavy atom. The number of hydrogen-bond acceptors (Lipinski definition) is 2. The van der Waals surface area contributed by atoms with Crippen LogP contribution in [-0.2, 0) is 19.3 Å². The highest BCUT2D eigenvalue weighted by Gasteiger charge is 2.32. The molecule has 2 aromatic rings. The van der Waals surface area contributed by atoms with Gasteiger partial charge >= 0.3 is 6.18 Å². The van der Waals surface area contributed by atoms with Crippen molar-refractivity contribution in [3.8, 4) is 0 Å². The van der Waals surface area contributed by atoms with Gasteiger partial charge in [0.1, 0.15) is 0 Å². The van der Waals surface area contributed by atoms with Crippen molar-refractivity contribution in [1.82, 2.24) is 9.78 Å². The van der Waals surface area contributed by atoms with Crippen molar-refractivity contribution in [2.45, 2.75) is 26.2 Å². The first-order valence-corrected chi connectivity index (χ1v) is 5.92. The zero-order valence-electron chi connectivity index (χ0n) is 10.4. The van der Waals surface area contributed by atoms with Gasteiger partial charge in [0.05, 0.1) is 17.4 Å². The monoisotopic (exact) mass is 269 g/mol. The zero-order chi connectivity index (χ0) is 13.9. The molecule has 1 heterocycles. The van der Waals surface area contributed by atoms with Crippen molar-refractivity contribution in [3.63, 3.8) is 0 Å². The van der Waals surface area contributed by atoms with Crippen molar-refractivity contribution < 1.29 is 13.2 Å². The molecule has 2 rings (SSSR count). The van der Waals surface area contributed by atoms with E-state index in [9.17, 15) is 13.2 Å². The van der Waals surface area contributed by atoms with Crippen LogP contribution in [0.5, 0.6) is 0 Å². The molecule has 0 spiro atoms. The summed E-state index contributed by atoms with van der Waals surface area (Å²) in [6.07, 6.45) is -0.970. The largest absolute Gasteiger partial charge is 0.416 e. The normalized spacial score (nSPS) is 11.6. The Labute approximate surface area is 109 Å². The smallest absolute Gasteiger partial charge is 0.378 e. The molecule has 0 aliphatic carbocycles. The van der Waals surface area contributed by atoms with Crippen LogP contribution >= 0.6 is 0 Å². The Bertz CT molecular complexity index is 546. The maximum atomic E-state index is 12.8. The molecule has 0 saturated heterocycles. The lowest BCUT2D eigenvalue weighted by molar-refractivity contribution is -0.138. The Kier molecular flexibility index (Phi) is 3.78. The van der Waals surface area contributed by atoms with Gasteiger partial charge in [0.2, 0.25) is 0 Å². The molecule has 1 aromatic heterocycles. The molecular formula is C13H14F3N3. The number of rotatable bonds is 4. The van der Waals surface area contributed by atoms with Gasteiger partial charge in [-0.2, -0.15) is 18.3 Å². The summed E-state index contributed by atoms with van der Waals surface area (Å²) in [5, 5.41) is 6.99. The molecule has 102 valence electrons. The quantitative estimate of drug-likeness (QED) is 0.920. The minimum Gasteiger partial charge on any atom is -0.378 e. The predicted molar refractivity (Wildman–Crippen MR) is 66.7 cm³/mol. The lowest BCUT2D eigenvalue weighted by Gasteiger charge is -2.13. The highest BCUT2D eigenvalue weighted by atomic mass is 19.4. The standard InChI is InChI=1S/C13H14F3N3/c1-2-19-9-11(8-18-19)17-7-10-5-3-4-6-12(10)13(14,15)16/h3-6,8-9,17H,2,7H2,1H3. The molecule has 0 bridgehead atoms. The van der Waals surface area contributed by atoms with Gasteiger partial charge in [0.15, 0.2) is 0 Å². The number of aryl methyl sites for hydroxylation is 1. The van der Waals surface area contributed by atoms with Crippen LogP contribution in [0.3, 0.4) is 0 Å². The van der Waals surface area contributed by atoms with Crippen LogP contribution < -0.4 is 5.32 Å². The van der Waals surface area contributed by atoms with Crippen LogP contribution in [0.15, 0.2) is 36.7 Å². The third-order valence-electron chi connectivity index (χ3n) is 2.76. The van der Waals surface area contributed by atoms with Gasteiger partial charge in [0.25, 0.3) is 0 Å². The third-order valence-corrected chi connectivity index (χ3v) is 2.76. The number of hydrogen-bond donors (Lipinski definition) is 1. The summed E-state index contributed by atoms with van der Waals surface area (Å²) in [6, 6.07) is 5.55. The van der Waals surface area contributed by atoms with Crippen molar-refractivity contribution in [1.29, 1.82) is 0 Å². The number of nitrogens with zero attached hydrogens (tertiary/aromatic N) is 2. The molecule has 1 N–H and O–H groups in total. The fourth-order valence-electron chi connectivity index (χ4n) is 1.78. The van der Waals surface area contributed by atoms with E-state index >= 15 is 0 Å². The second-order valence-electron chi connectivity index (χ2n) is 4.09. The number of alkyl halides is 3. The van der Waals surface area contributed by atoms with Crippen molar-refractivity contribution >= 4 is 5.69 Å². The van der Waals surface area contributed by atoms with E-state index in [2.05, 4.69) is 10.4 Å². The Balaban J connectivity index is 2.11. The molecule has 3 nitrogen and oxygen atoms in total. The highest BCUT2D eigenvalue weighted by molar-refractivity contribution is 5.41. The van der Waals surface area contributed by atoms with E-state index in [1.165, 1.54) is 12.1 Å². The molecule has 6 heteroatoms. The van der Waals surface area contributed by atoms with Crippen molar-refractivity contribution in [2.75, 3.05) is 5.32 Å². The molecule has 0 saturated carbocycles. The number of anilines is 1. The summed E-state index contributed by atoms with van der Waals surface area (Å²) in [5.41, 5.74) is 0.323. The number of halogens is 3. The molecule has 1 aromatic carbocycles. The molecular weight excluding hydrogens is 255 g/mol. The van der Waals surface area contributed by atoms with Crippen LogP contribution in [0, 0.1) is 0 Å². The van der Waals surface area contributed by atoms with E-state index in [0.717, 1.165) is 12.6 Å². The van der Waals surface area contributed by atoms with Crippen molar-refractivity contribution in [3.05, 3.63) is 47.8 Å². The van der Waals surface area contributed by atoms with E-state index < -0.39 is 11.7 Å². The summed E-state index contributed by atoms with van der Waals surface area (Å²) in [4.78, 5) is 0. The lowest BCUT2D eigenvalue weighted by Crippen LogP contribution is -2.11. The topological polar surface area (TPSA) is 29.9 Å². The van der Waals surface area contributed by atoms with Gasteiger partial charge in [-0.25, -0.2) is 0 Å². The summed E-state index contributed by atoms with van der Waals surface area (Å²) < 4.78 is 40.1. The van der Waals surface area contributed by atoms with Crippen LogP contribution in [0.1, 0.15) is 18.1 Å². The zero-order valence-corrected chi connectivity index (χ0v) is 10.4. The molecule has 0 unspecified atom stereocenters. The molecule has 19 heavy (non-hydrogen) atoms. The Morgan fingerprint density at radius 1 is 1.26 bits per heavy atom. The summed E-state index contributed by atoms with van der Waals surface area (Å²) >= 11 is 0. The fraction of sp³-hybridized carbons (Fsp3) is 0.308. The maximum Gasteiger partial charge on any atom is 0.416 e. The average molecular weight is 269 g/mol. The van der Waals surface area contributed by atoms with Crippen molar-refractivity contribution in [2.24, 2.45) is 0 Å². The summed E-state index contributed by atoms with van der Waals surface area (Å²) in [5.74, 6) is 0. The SMILES string of the molecule is CCn1cc(NCc2ccccc2C(F)(F)F)cn1. The molecule has 0 atom stereocenters. The third kappa shape index (κ3) is 3.27. The van der Waals surface area contributed by atoms with Crippen LogP contribution in [0.4, 0.5) is 18.9 Å². The van der Waals surface area contributed by atoms with E-state index in [-0.39, 0.29) is 12.1 Å². The molecule has 0 radical (unpaired) electrons. The second kappa shape index (κ2) is 5.34. The van der Waals surface area contributed by atoms with Crippen LogP contribution in [0.2, 0.25) is 0 Å². The number of benzene rings is 1. The van der Waals surface area contributed by atoms with Crippen LogP contribution in [-0.4, -0.2) is 9.78 Å². The second-order valence-corrected chi connectivity index (χ2v) is 4.09. The molecule has 0 amide bonds. The molecule has 0 aliphatic heterocycles.